The van der Waals surface area contributed by atoms with Crippen LogP contribution in [0.5, 0.6) is 0 Å². The predicted octanol–water partition coefficient (Wildman–Crippen LogP) is 4.48. The van der Waals surface area contributed by atoms with Crippen molar-refractivity contribution in [2.75, 3.05) is 18.0 Å². The SMILES string of the molecule is Clc1ccc(Br)c(N2CCCCCC2)c1. The number of hydrogen-bond acceptors (Lipinski definition) is 1. The molecule has 0 amide bonds. The van der Waals surface area contributed by atoms with Crippen LogP contribution in [-0.4, -0.2) is 13.1 Å². The second-order valence-corrected chi connectivity index (χ2v) is 5.29. The van der Waals surface area contributed by atoms with Gasteiger partial charge < -0.3 is 4.90 Å². The average Bonchev–Trinajstić information content (AvgIpc) is 2.50. The summed E-state index contributed by atoms with van der Waals surface area (Å²) in [4.78, 5) is 2.43. The molecule has 15 heavy (non-hydrogen) atoms. The molecule has 1 fully saturated rings. The van der Waals surface area contributed by atoms with E-state index in [1.54, 1.807) is 0 Å². The zero-order valence-electron chi connectivity index (χ0n) is 8.68. The van der Waals surface area contributed by atoms with Crippen molar-refractivity contribution in [3.05, 3.63) is 27.7 Å². The van der Waals surface area contributed by atoms with Crippen molar-refractivity contribution in [1.82, 2.24) is 0 Å². The van der Waals surface area contributed by atoms with Crippen LogP contribution in [0.2, 0.25) is 5.02 Å². The minimum atomic E-state index is 0.817. The van der Waals surface area contributed by atoms with Crippen molar-refractivity contribution < 1.29 is 0 Å². The van der Waals surface area contributed by atoms with Crippen LogP contribution in [0.25, 0.3) is 0 Å². The number of hydrogen-bond donors (Lipinski definition) is 0. The lowest BCUT2D eigenvalue weighted by molar-refractivity contribution is 0.726. The van der Waals surface area contributed by atoms with Gasteiger partial charge in [-0.15, -0.1) is 0 Å². The Balaban J connectivity index is 2.22. The summed E-state index contributed by atoms with van der Waals surface area (Å²) < 4.78 is 1.15. The topological polar surface area (TPSA) is 3.24 Å². The Labute approximate surface area is 105 Å². The lowest BCUT2D eigenvalue weighted by atomic mass is 10.2. The Bertz CT molecular complexity index is 332. The van der Waals surface area contributed by atoms with Crippen LogP contribution in [0.3, 0.4) is 0 Å². The summed E-state index contributed by atoms with van der Waals surface area (Å²) >= 11 is 9.62. The fourth-order valence-corrected chi connectivity index (χ4v) is 2.70. The van der Waals surface area contributed by atoms with Gasteiger partial charge in [-0.05, 0) is 47.0 Å². The zero-order valence-corrected chi connectivity index (χ0v) is 11.0. The van der Waals surface area contributed by atoms with Gasteiger partial charge in [0.05, 0.1) is 5.69 Å². The molecule has 1 aromatic carbocycles. The number of anilines is 1. The lowest BCUT2D eigenvalue weighted by Gasteiger charge is -2.24. The number of halogens is 2. The van der Waals surface area contributed by atoms with E-state index in [9.17, 15) is 0 Å². The van der Waals surface area contributed by atoms with Crippen LogP contribution in [-0.2, 0) is 0 Å². The van der Waals surface area contributed by atoms with E-state index in [4.69, 9.17) is 11.6 Å². The fourth-order valence-electron chi connectivity index (χ4n) is 2.04. The van der Waals surface area contributed by atoms with E-state index in [2.05, 4.69) is 26.9 Å². The van der Waals surface area contributed by atoms with Gasteiger partial charge >= 0.3 is 0 Å². The van der Waals surface area contributed by atoms with E-state index in [1.165, 1.54) is 31.4 Å². The second kappa shape index (κ2) is 5.22. The van der Waals surface area contributed by atoms with E-state index in [1.807, 2.05) is 12.1 Å². The van der Waals surface area contributed by atoms with E-state index >= 15 is 0 Å². The van der Waals surface area contributed by atoms with Gasteiger partial charge in [-0.3, -0.25) is 0 Å². The maximum atomic E-state index is 6.03. The molecule has 0 radical (unpaired) electrons. The third kappa shape index (κ3) is 2.88. The molecule has 0 atom stereocenters. The van der Waals surface area contributed by atoms with Gasteiger partial charge in [-0.2, -0.15) is 0 Å². The molecule has 2 rings (SSSR count). The van der Waals surface area contributed by atoms with Crippen molar-refractivity contribution in [2.45, 2.75) is 25.7 Å². The first-order chi connectivity index (χ1) is 7.27. The highest BCUT2D eigenvalue weighted by atomic mass is 79.9. The Kier molecular flexibility index (Phi) is 3.92. The molecule has 82 valence electrons. The van der Waals surface area contributed by atoms with E-state index in [0.717, 1.165) is 22.6 Å². The molecule has 1 aliphatic heterocycles. The van der Waals surface area contributed by atoms with Gasteiger partial charge in [0.15, 0.2) is 0 Å². The minimum Gasteiger partial charge on any atom is -0.371 e. The Hall–Kier alpha value is -0.210. The molecule has 0 N–H and O–H groups in total. The summed E-state index contributed by atoms with van der Waals surface area (Å²) in [7, 11) is 0. The standard InChI is InChI=1S/C12H15BrClN/c13-11-6-5-10(14)9-12(11)15-7-3-1-2-4-8-15/h5-6,9H,1-4,7-8H2. The summed E-state index contributed by atoms with van der Waals surface area (Å²) in [5, 5.41) is 0.817. The molecule has 0 aromatic heterocycles. The molecule has 1 saturated heterocycles. The minimum absolute atomic E-state index is 0.817. The van der Waals surface area contributed by atoms with Gasteiger partial charge in [0.2, 0.25) is 0 Å². The normalized spacial score (nSPS) is 17.6. The summed E-state index contributed by atoms with van der Waals surface area (Å²) in [5.74, 6) is 0. The number of rotatable bonds is 1. The molecular weight excluding hydrogens is 273 g/mol. The summed E-state index contributed by atoms with van der Waals surface area (Å²) in [6.07, 6.45) is 5.29. The third-order valence-corrected chi connectivity index (χ3v) is 3.76. The van der Waals surface area contributed by atoms with Crippen LogP contribution < -0.4 is 4.90 Å². The first-order valence-electron chi connectivity index (χ1n) is 5.47. The zero-order chi connectivity index (χ0) is 10.7. The first kappa shape index (κ1) is 11.3. The molecule has 1 aliphatic rings. The summed E-state index contributed by atoms with van der Waals surface area (Å²) in [6.45, 7) is 2.30. The maximum Gasteiger partial charge on any atom is 0.0525 e. The second-order valence-electron chi connectivity index (χ2n) is 4.00. The summed E-state index contributed by atoms with van der Waals surface area (Å²) in [6, 6.07) is 6.01. The highest BCUT2D eigenvalue weighted by molar-refractivity contribution is 9.10. The number of benzene rings is 1. The van der Waals surface area contributed by atoms with Crippen LogP contribution in [0.15, 0.2) is 22.7 Å². The molecule has 0 aliphatic carbocycles. The first-order valence-corrected chi connectivity index (χ1v) is 6.64. The van der Waals surface area contributed by atoms with Crippen molar-refractivity contribution in [2.24, 2.45) is 0 Å². The molecule has 0 saturated carbocycles. The quantitative estimate of drug-likeness (QED) is 0.736. The van der Waals surface area contributed by atoms with Gasteiger partial charge in [0.25, 0.3) is 0 Å². The van der Waals surface area contributed by atoms with Crippen molar-refractivity contribution in [1.29, 1.82) is 0 Å². The van der Waals surface area contributed by atoms with Gasteiger partial charge in [-0.25, -0.2) is 0 Å². The smallest absolute Gasteiger partial charge is 0.0525 e. The van der Waals surface area contributed by atoms with Gasteiger partial charge in [0.1, 0.15) is 0 Å². The summed E-state index contributed by atoms with van der Waals surface area (Å²) in [5.41, 5.74) is 1.24. The third-order valence-electron chi connectivity index (χ3n) is 2.85. The van der Waals surface area contributed by atoms with Crippen LogP contribution in [0.4, 0.5) is 5.69 Å². The molecule has 0 spiro atoms. The lowest BCUT2D eigenvalue weighted by Crippen LogP contribution is -2.24. The Morgan fingerprint density at radius 3 is 2.40 bits per heavy atom. The van der Waals surface area contributed by atoms with Crippen LogP contribution in [0.1, 0.15) is 25.7 Å². The molecule has 0 unspecified atom stereocenters. The molecule has 1 aromatic rings. The van der Waals surface area contributed by atoms with Crippen molar-refractivity contribution in [3.63, 3.8) is 0 Å². The van der Waals surface area contributed by atoms with Gasteiger partial charge in [-0.1, -0.05) is 24.4 Å². The highest BCUT2D eigenvalue weighted by Gasteiger charge is 2.12. The highest BCUT2D eigenvalue weighted by Crippen LogP contribution is 2.30. The van der Waals surface area contributed by atoms with E-state index < -0.39 is 0 Å². The average molecular weight is 289 g/mol. The molecule has 1 nitrogen and oxygen atoms in total. The van der Waals surface area contributed by atoms with E-state index in [-0.39, 0.29) is 0 Å². The van der Waals surface area contributed by atoms with E-state index in [0.29, 0.717) is 0 Å². The maximum absolute atomic E-state index is 6.03. The predicted molar refractivity (Wildman–Crippen MR) is 69.8 cm³/mol. The molecule has 3 heteroatoms. The fraction of sp³-hybridized carbons (Fsp3) is 0.500. The largest absolute Gasteiger partial charge is 0.371 e. The van der Waals surface area contributed by atoms with Crippen molar-refractivity contribution in [3.8, 4) is 0 Å². The molecule has 1 heterocycles. The Morgan fingerprint density at radius 2 is 1.73 bits per heavy atom. The molecular formula is C12H15BrClN. The van der Waals surface area contributed by atoms with Gasteiger partial charge in [0, 0.05) is 22.6 Å². The van der Waals surface area contributed by atoms with Crippen LogP contribution in [0, 0.1) is 0 Å². The number of nitrogens with zero attached hydrogens (tertiary/aromatic N) is 1. The Morgan fingerprint density at radius 1 is 1.07 bits per heavy atom. The monoisotopic (exact) mass is 287 g/mol. The van der Waals surface area contributed by atoms with Crippen LogP contribution >= 0.6 is 27.5 Å². The van der Waals surface area contributed by atoms with Crippen molar-refractivity contribution >= 4 is 33.2 Å². The molecule has 0 bridgehead atoms.